The van der Waals surface area contributed by atoms with Gasteiger partial charge >= 0.3 is 6.18 Å². The molecule has 0 aromatic heterocycles. The molecule has 0 bridgehead atoms. The zero-order valence-electron chi connectivity index (χ0n) is 9.64. The van der Waals surface area contributed by atoms with Crippen LogP contribution in [0, 0.1) is 5.82 Å². The van der Waals surface area contributed by atoms with Gasteiger partial charge in [-0.3, -0.25) is 0 Å². The van der Waals surface area contributed by atoms with Crippen molar-refractivity contribution < 1.29 is 17.6 Å². The van der Waals surface area contributed by atoms with Gasteiger partial charge in [-0.1, -0.05) is 24.3 Å². The topological polar surface area (TPSA) is 0 Å². The molecule has 0 radical (unpaired) electrons. The van der Waals surface area contributed by atoms with Crippen molar-refractivity contribution in [2.24, 2.45) is 0 Å². The van der Waals surface area contributed by atoms with Crippen LogP contribution < -0.4 is 0 Å². The summed E-state index contributed by atoms with van der Waals surface area (Å²) in [6, 6.07) is 8.72. The quantitative estimate of drug-likeness (QED) is 0.523. The second-order valence-electron chi connectivity index (χ2n) is 3.98. The van der Waals surface area contributed by atoms with Crippen molar-refractivity contribution in [1.29, 1.82) is 0 Å². The summed E-state index contributed by atoms with van der Waals surface area (Å²) in [5, 5.41) is 0. The Labute approximate surface area is 112 Å². The Morgan fingerprint density at radius 3 is 2.11 bits per heavy atom. The third kappa shape index (κ3) is 2.89. The molecular formula is C14H9ClF4. The van der Waals surface area contributed by atoms with Crippen molar-refractivity contribution in [1.82, 2.24) is 0 Å². The molecule has 0 aliphatic heterocycles. The molecule has 0 heterocycles. The number of hydrogen-bond donors (Lipinski definition) is 0. The second-order valence-corrected chi connectivity index (χ2v) is 4.25. The van der Waals surface area contributed by atoms with Crippen LogP contribution in [-0.2, 0) is 12.1 Å². The maximum absolute atomic E-state index is 13.0. The predicted molar refractivity (Wildman–Crippen MR) is 66.4 cm³/mol. The first kappa shape index (κ1) is 13.9. The Balaban J connectivity index is 2.69. The highest BCUT2D eigenvalue weighted by Gasteiger charge is 2.34. The van der Waals surface area contributed by atoms with Crippen LogP contribution in [0.2, 0.25) is 0 Å². The third-order valence-corrected chi connectivity index (χ3v) is 3.02. The summed E-state index contributed by atoms with van der Waals surface area (Å²) in [6.07, 6.45) is -4.48. The van der Waals surface area contributed by atoms with E-state index in [4.69, 9.17) is 11.6 Å². The molecule has 0 fully saturated rings. The summed E-state index contributed by atoms with van der Waals surface area (Å²) < 4.78 is 51.9. The van der Waals surface area contributed by atoms with E-state index in [2.05, 4.69) is 0 Å². The number of alkyl halides is 4. The fourth-order valence-electron chi connectivity index (χ4n) is 1.91. The van der Waals surface area contributed by atoms with E-state index in [1.807, 2.05) is 0 Å². The van der Waals surface area contributed by atoms with Gasteiger partial charge in [0.25, 0.3) is 0 Å². The van der Waals surface area contributed by atoms with Crippen LogP contribution in [0.1, 0.15) is 11.1 Å². The molecule has 0 aliphatic carbocycles. The summed E-state index contributed by atoms with van der Waals surface area (Å²) in [5.41, 5.74) is -0.102. The molecule has 2 aromatic rings. The average Bonchev–Trinajstić information content (AvgIpc) is 2.38. The van der Waals surface area contributed by atoms with Gasteiger partial charge in [-0.15, -0.1) is 11.6 Å². The molecule has 0 unspecified atom stereocenters. The highest BCUT2D eigenvalue weighted by Crippen LogP contribution is 2.39. The average molecular weight is 289 g/mol. The molecule has 0 amide bonds. The van der Waals surface area contributed by atoms with E-state index in [1.165, 1.54) is 24.3 Å². The Morgan fingerprint density at radius 1 is 0.947 bits per heavy atom. The minimum absolute atomic E-state index is 0.00463. The fraction of sp³-hybridized carbons (Fsp3) is 0.143. The third-order valence-electron chi connectivity index (χ3n) is 2.73. The van der Waals surface area contributed by atoms with Crippen LogP contribution in [0.3, 0.4) is 0 Å². The zero-order valence-corrected chi connectivity index (χ0v) is 10.4. The van der Waals surface area contributed by atoms with E-state index in [9.17, 15) is 17.6 Å². The fourth-order valence-corrected chi connectivity index (χ4v) is 2.13. The summed E-state index contributed by atoms with van der Waals surface area (Å²) in [6.45, 7) is 0. The molecule has 0 nitrogen and oxygen atoms in total. The molecule has 2 rings (SSSR count). The highest BCUT2D eigenvalue weighted by atomic mass is 35.5. The SMILES string of the molecule is Fc1ccc(-c2c(CCl)cccc2C(F)(F)F)cc1. The lowest BCUT2D eigenvalue weighted by Crippen LogP contribution is -2.08. The number of benzene rings is 2. The highest BCUT2D eigenvalue weighted by molar-refractivity contribution is 6.17. The van der Waals surface area contributed by atoms with Crippen LogP contribution in [-0.4, -0.2) is 0 Å². The van der Waals surface area contributed by atoms with Crippen molar-refractivity contribution >= 4 is 11.6 Å². The minimum atomic E-state index is -4.48. The van der Waals surface area contributed by atoms with Gasteiger partial charge < -0.3 is 0 Å². The lowest BCUT2D eigenvalue weighted by molar-refractivity contribution is -0.137. The lowest BCUT2D eigenvalue weighted by atomic mass is 9.94. The van der Waals surface area contributed by atoms with Crippen molar-refractivity contribution in [2.75, 3.05) is 0 Å². The molecule has 0 spiro atoms. The Hall–Kier alpha value is -1.55. The van der Waals surface area contributed by atoms with Gasteiger partial charge in [0.05, 0.1) is 5.56 Å². The largest absolute Gasteiger partial charge is 0.417 e. The smallest absolute Gasteiger partial charge is 0.207 e. The number of hydrogen-bond acceptors (Lipinski definition) is 0. The predicted octanol–water partition coefficient (Wildman–Crippen LogP) is 5.25. The van der Waals surface area contributed by atoms with Crippen LogP contribution in [0.5, 0.6) is 0 Å². The molecule has 100 valence electrons. The van der Waals surface area contributed by atoms with Gasteiger partial charge in [0.2, 0.25) is 0 Å². The number of halogens is 5. The van der Waals surface area contributed by atoms with Crippen LogP contribution in [0.4, 0.5) is 17.6 Å². The maximum Gasteiger partial charge on any atom is 0.417 e. The molecular weight excluding hydrogens is 280 g/mol. The first-order chi connectivity index (χ1) is 8.93. The van der Waals surface area contributed by atoms with Crippen LogP contribution in [0.25, 0.3) is 11.1 Å². The molecule has 0 atom stereocenters. The second kappa shape index (κ2) is 5.21. The van der Waals surface area contributed by atoms with Gasteiger partial charge in [0.1, 0.15) is 5.82 Å². The minimum Gasteiger partial charge on any atom is -0.207 e. The van der Waals surface area contributed by atoms with Crippen molar-refractivity contribution in [3.05, 3.63) is 59.4 Å². The Morgan fingerprint density at radius 2 is 1.58 bits per heavy atom. The standard InChI is InChI=1S/C14H9ClF4/c15-8-10-2-1-3-12(14(17,18)19)13(10)9-4-6-11(16)7-5-9/h1-7H,8H2. The summed E-state index contributed by atoms with van der Waals surface area (Å²) >= 11 is 5.69. The molecule has 5 heteroatoms. The Kier molecular flexibility index (Phi) is 3.80. The Bertz CT molecular complexity index is 573. The molecule has 0 saturated heterocycles. The van der Waals surface area contributed by atoms with Gasteiger partial charge in [-0.25, -0.2) is 4.39 Å². The number of rotatable bonds is 2. The molecule has 19 heavy (non-hydrogen) atoms. The van der Waals surface area contributed by atoms with Crippen LogP contribution >= 0.6 is 11.6 Å². The summed E-state index contributed by atoms with van der Waals surface area (Å²) in [7, 11) is 0. The van der Waals surface area contributed by atoms with Crippen molar-refractivity contribution in [3.63, 3.8) is 0 Å². The van der Waals surface area contributed by atoms with Gasteiger partial charge in [0, 0.05) is 5.88 Å². The van der Waals surface area contributed by atoms with E-state index >= 15 is 0 Å². The first-order valence-electron chi connectivity index (χ1n) is 5.44. The first-order valence-corrected chi connectivity index (χ1v) is 5.98. The summed E-state index contributed by atoms with van der Waals surface area (Å²) in [4.78, 5) is 0. The van der Waals surface area contributed by atoms with Gasteiger partial charge in [-0.05, 0) is 34.9 Å². The van der Waals surface area contributed by atoms with E-state index in [1.54, 1.807) is 0 Å². The van der Waals surface area contributed by atoms with Gasteiger partial charge in [0.15, 0.2) is 0 Å². The van der Waals surface area contributed by atoms with E-state index in [0.717, 1.165) is 18.2 Å². The normalized spacial score (nSPS) is 11.6. The van der Waals surface area contributed by atoms with Crippen molar-refractivity contribution in [3.8, 4) is 11.1 Å². The van der Waals surface area contributed by atoms with E-state index < -0.39 is 17.6 Å². The van der Waals surface area contributed by atoms with Gasteiger partial charge in [-0.2, -0.15) is 13.2 Å². The molecule has 0 N–H and O–H groups in total. The van der Waals surface area contributed by atoms with Crippen LogP contribution in [0.15, 0.2) is 42.5 Å². The molecule has 2 aromatic carbocycles. The maximum atomic E-state index is 13.0. The molecule has 0 aliphatic rings. The summed E-state index contributed by atoms with van der Waals surface area (Å²) in [5.74, 6) is -0.544. The van der Waals surface area contributed by atoms with E-state index in [-0.39, 0.29) is 11.4 Å². The molecule has 0 saturated carbocycles. The lowest BCUT2D eigenvalue weighted by Gasteiger charge is -2.16. The monoisotopic (exact) mass is 288 g/mol. The van der Waals surface area contributed by atoms with Crippen molar-refractivity contribution in [2.45, 2.75) is 12.1 Å². The zero-order chi connectivity index (χ0) is 14.0. The van der Waals surface area contributed by atoms with E-state index in [0.29, 0.717) is 11.1 Å².